The van der Waals surface area contributed by atoms with Gasteiger partial charge in [-0.3, -0.25) is 14.9 Å². The molecule has 12 heteroatoms. The molecule has 4 amide bonds. The number of urea groups is 1. The molecule has 1 heterocycles. The van der Waals surface area contributed by atoms with Crippen molar-refractivity contribution in [2.75, 3.05) is 11.5 Å². The molecular weight excluding hydrogens is 579 g/mol. The van der Waals surface area contributed by atoms with Crippen molar-refractivity contribution in [1.82, 2.24) is 5.32 Å². The molecule has 0 saturated carbocycles. The molecule has 0 spiro atoms. The Balaban J connectivity index is 1.78. The Bertz CT molecular complexity index is 1630. The van der Waals surface area contributed by atoms with Gasteiger partial charge in [-0.05, 0) is 85.6 Å². The highest BCUT2D eigenvalue weighted by molar-refractivity contribution is 7.87. The van der Waals surface area contributed by atoms with E-state index >= 15 is 0 Å². The summed E-state index contributed by atoms with van der Waals surface area (Å²) in [4.78, 5) is 39.1. The fraction of sp³-hybridized carbons (Fsp3) is 0.107. The van der Waals surface area contributed by atoms with Gasteiger partial charge in [0.25, 0.3) is 11.8 Å². The molecular formula is C28H22Cl2N2O7S. The van der Waals surface area contributed by atoms with Crippen LogP contribution in [0, 0.1) is 0 Å². The predicted octanol–water partition coefficient (Wildman–Crippen LogP) is 5.55. The summed E-state index contributed by atoms with van der Waals surface area (Å²) in [5, 5.41) is 2.91. The molecule has 1 aliphatic rings. The Hall–Kier alpha value is -4.12. The monoisotopic (exact) mass is 600 g/mol. The van der Waals surface area contributed by atoms with Crippen LogP contribution in [0.25, 0.3) is 6.08 Å². The third-order valence-corrected chi connectivity index (χ3v) is 7.35. The molecule has 0 radical (unpaired) electrons. The molecule has 4 rings (SSSR count). The SMILES string of the molecule is C=CCc1cc(/C=C2\C(=O)NC(=O)N(c3ccc(Cl)cc3)C2=O)cc(OCC)c1OS(=O)(=O)c1ccc(Cl)cc1. The van der Waals surface area contributed by atoms with Gasteiger partial charge in [0.05, 0.1) is 12.3 Å². The fourth-order valence-corrected chi connectivity index (χ4v) is 5.07. The smallest absolute Gasteiger partial charge is 0.339 e. The molecule has 0 aromatic heterocycles. The maximum absolute atomic E-state index is 13.3. The van der Waals surface area contributed by atoms with Crippen LogP contribution in [0.1, 0.15) is 18.1 Å². The number of hydrogen-bond donors (Lipinski definition) is 1. The van der Waals surface area contributed by atoms with Crippen LogP contribution < -0.4 is 19.1 Å². The quantitative estimate of drug-likeness (QED) is 0.148. The number of nitrogens with zero attached hydrogens (tertiary/aromatic N) is 1. The standard InChI is InChI=1S/C28H22Cl2N2O7S/c1-3-5-18-14-17(15-23-26(33)31-28(35)32(27(23)34)21-10-6-19(29)7-11-21)16-24(38-4-2)25(18)39-40(36,37)22-12-8-20(30)9-13-22/h3,6-16H,1,4-5H2,2H3,(H,31,33,35)/b23-15+. The minimum absolute atomic E-state index is 0.0561. The van der Waals surface area contributed by atoms with Crippen molar-refractivity contribution < 1.29 is 31.7 Å². The normalized spacial score (nSPS) is 14.7. The lowest BCUT2D eigenvalue weighted by Gasteiger charge is -2.26. The van der Waals surface area contributed by atoms with Crippen molar-refractivity contribution in [3.63, 3.8) is 0 Å². The van der Waals surface area contributed by atoms with Gasteiger partial charge >= 0.3 is 16.1 Å². The van der Waals surface area contributed by atoms with Crippen LogP contribution in [0.15, 0.2) is 83.8 Å². The summed E-state index contributed by atoms with van der Waals surface area (Å²) in [7, 11) is -4.28. The van der Waals surface area contributed by atoms with E-state index in [0.29, 0.717) is 21.2 Å². The molecule has 1 aliphatic heterocycles. The highest BCUT2D eigenvalue weighted by Gasteiger charge is 2.37. The lowest BCUT2D eigenvalue weighted by atomic mass is 10.0. The first-order chi connectivity index (χ1) is 19.0. The fourth-order valence-electron chi connectivity index (χ4n) is 3.84. The van der Waals surface area contributed by atoms with E-state index in [1.807, 2.05) is 0 Å². The third kappa shape index (κ3) is 6.20. The van der Waals surface area contributed by atoms with E-state index in [4.69, 9.17) is 32.1 Å². The number of amides is 4. The van der Waals surface area contributed by atoms with Crippen LogP contribution in [0.4, 0.5) is 10.5 Å². The van der Waals surface area contributed by atoms with Crippen LogP contribution in [-0.2, 0) is 26.1 Å². The van der Waals surface area contributed by atoms with Crippen LogP contribution in [-0.4, -0.2) is 32.9 Å². The number of carbonyl (C=O) groups is 3. The first-order valence-electron chi connectivity index (χ1n) is 11.8. The summed E-state index contributed by atoms with van der Waals surface area (Å²) >= 11 is 11.8. The zero-order valence-electron chi connectivity index (χ0n) is 21.0. The van der Waals surface area contributed by atoms with E-state index in [1.165, 1.54) is 72.8 Å². The number of anilines is 1. The van der Waals surface area contributed by atoms with Crippen molar-refractivity contribution in [2.45, 2.75) is 18.2 Å². The maximum Gasteiger partial charge on any atom is 0.339 e. The van der Waals surface area contributed by atoms with Gasteiger partial charge < -0.3 is 8.92 Å². The van der Waals surface area contributed by atoms with Crippen molar-refractivity contribution in [3.05, 3.63) is 100 Å². The van der Waals surface area contributed by atoms with Gasteiger partial charge in [-0.1, -0.05) is 29.3 Å². The van der Waals surface area contributed by atoms with Gasteiger partial charge in [0.1, 0.15) is 10.5 Å². The lowest BCUT2D eigenvalue weighted by molar-refractivity contribution is -0.122. The number of allylic oxidation sites excluding steroid dienone is 1. The Labute approximate surface area is 240 Å². The van der Waals surface area contributed by atoms with Crippen molar-refractivity contribution in [3.8, 4) is 11.5 Å². The minimum atomic E-state index is -4.28. The van der Waals surface area contributed by atoms with E-state index in [9.17, 15) is 22.8 Å². The van der Waals surface area contributed by atoms with Crippen molar-refractivity contribution in [2.24, 2.45) is 0 Å². The average Bonchev–Trinajstić information content (AvgIpc) is 2.90. The highest BCUT2D eigenvalue weighted by Crippen LogP contribution is 2.37. The molecule has 40 heavy (non-hydrogen) atoms. The molecule has 0 unspecified atom stereocenters. The molecule has 206 valence electrons. The molecule has 1 N–H and O–H groups in total. The van der Waals surface area contributed by atoms with E-state index < -0.39 is 28.0 Å². The second-order valence-corrected chi connectivity index (χ2v) is 10.8. The highest BCUT2D eigenvalue weighted by atomic mass is 35.5. The molecule has 0 bridgehead atoms. The van der Waals surface area contributed by atoms with Crippen LogP contribution >= 0.6 is 23.2 Å². The summed E-state index contributed by atoms with van der Waals surface area (Å²) in [5.41, 5.74) is 0.563. The summed E-state index contributed by atoms with van der Waals surface area (Å²) < 4.78 is 37.3. The summed E-state index contributed by atoms with van der Waals surface area (Å²) in [6.07, 6.45) is 2.97. The second kappa shape index (κ2) is 12.0. The zero-order chi connectivity index (χ0) is 29.0. The number of rotatable bonds is 9. The maximum atomic E-state index is 13.3. The van der Waals surface area contributed by atoms with Gasteiger partial charge in [0.2, 0.25) is 0 Å². The number of ether oxygens (including phenoxy) is 1. The topological polar surface area (TPSA) is 119 Å². The Kier molecular flexibility index (Phi) is 8.63. The first kappa shape index (κ1) is 28.9. The number of nitrogens with one attached hydrogen (secondary N) is 1. The Morgan fingerprint density at radius 1 is 0.975 bits per heavy atom. The number of halogens is 2. The number of carbonyl (C=O) groups excluding carboxylic acids is 3. The van der Waals surface area contributed by atoms with Crippen LogP contribution in [0.5, 0.6) is 11.5 Å². The molecule has 0 atom stereocenters. The molecule has 1 fully saturated rings. The predicted molar refractivity (Wildman–Crippen MR) is 151 cm³/mol. The average molecular weight is 601 g/mol. The number of hydrogen-bond acceptors (Lipinski definition) is 7. The number of benzene rings is 3. The largest absolute Gasteiger partial charge is 0.490 e. The van der Waals surface area contributed by atoms with E-state index in [1.54, 1.807) is 6.92 Å². The molecule has 9 nitrogen and oxygen atoms in total. The van der Waals surface area contributed by atoms with Crippen LogP contribution in [0.2, 0.25) is 10.0 Å². The second-order valence-electron chi connectivity index (χ2n) is 8.36. The van der Waals surface area contributed by atoms with E-state index in [0.717, 1.165) is 4.90 Å². The van der Waals surface area contributed by atoms with E-state index in [2.05, 4.69) is 11.9 Å². The van der Waals surface area contributed by atoms with E-state index in [-0.39, 0.29) is 40.7 Å². The number of barbiturate groups is 1. The summed E-state index contributed by atoms with van der Waals surface area (Å²) in [5.74, 6) is -1.77. The molecule has 3 aromatic rings. The van der Waals surface area contributed by atoms with Gasteiger partial charge in [0.15, 0.2) is 11.5 Å². The Morgan fingerprint density at radius 3 is 2.20 bits per heavy atom. The van der Waals surface area contributed by atoms with Crippen LogP contribution in [0.3, 0.4) is 0 Å². The number of imide groups is 2. The first-order valence-corrected chi connectivity index (χ1v) is 14.0. The minimum Gasteiger partial charge on any atom is -0.490 e. The van der Waals surface area contributed by atoms with Crippen molar-refractivity contribution >= 4 is 62.9 Å². The Morgan fingerprint density at radius 2 is 1.60 bits per heavy atom. The molecule has 1 saturated heterocycles. The summed E-state index contributed by atoms with van der Waals surface area (Å²) in [6, 6.07) is 13.5. The zero-order valence-corrected chi connectivity index (χ0v) is 23.3. The van der Waals surface area contributed by atoms with Gasteiger partial charge in [-0.15, -0.1) is 6.58 Å². The van der Waals surface area contributed by atoms with Crippen molar-refractivity contribution in [1.29, 1.82) is 0 Å². The molecule has 0 aliphatic carbocycles. The van der Waals surface area contributed by atoms with Gasteiger partial charge in [-0.2, -0.15) is 8.42 Å². The van der Waals surface area contributed by atoms with Gasteiger partial charge in [0, 0.05) is 15.6 Å². The summed E-state index contributed by atoms with van der Waals surface area (Å²) in [6.45, 7) is 5.57. The lowest BCUT2D eigenvalue weighted by Crippen LogP contribution is -2.54. The molecule has 3 aromatic carbocycles. The third-order valence-electron chi connectivity index (χ3n) is 5.61. The van der Waals surface area contributed by atoms with Gasteiger partial charge in [-0.25, -0.2) is 9.69 Å².